The van der Waals surface area contributed by atoms with Gasteiger partial charge in [0.15, 0.2) is 0 Å². The summed E-state index contributed by atoms with van der Waals surface area (Å²) in [6.07, 6.45) is 12.0. The molecule has 0 aromatic carbocycles. The van der Waals surface area contributed by atoms with Crippen LogP contribution in [-0.4, -0.2) is 17.7 Å². The van der Waals surface area contributed by atoms with E-state index in [1.54, 1.807) is 13.2 Å². The van der Waals surface area contributed by atoms with Gasteiger partial charge in [-0.25, -0.2) is 0 Å². The highest BCUT2D eigenvalue weighted by Crippen LogP contribution is 2.21. The summed E-state index contributed by atoms with van der Waals surface area (Å²) >= 11 is 0. The Morgan fingerprint density at radius 3 is 2.94 bits per heavy atom. The second-order valence-corrected chi connectivity index (χ2v) is 3.49. The van der Waals surface area contributed by atoms with Crippen molar-refractivity contribution >= 4 is 11.8 Å². The molecule has 1 aromatic rings. The summed E-state index contributed by atoms with van der Waals surface area (Å²) in [5.74, 6) is 0. The van der Waals surface area contributed by atoms with Crippen LogP contribution in [0.25, 0.3) is 6.08 Å². The van der Waals surface area contributed by atoms with E-state index in [9.17, 15) is 0 Å². The molecule has 0 spiro atoms. The summed E-state index contributed by atoms with van der Waals surface area (Å²) in [5, 5.41) is 0. The molecule has 80 valence electrons. The molecule has 2 heteroatoms. The van der Waals surface area contributed by atoms with Crippen LogP contribution in [0.1, 0.15) is 18.2 Å². The lowest BCUT2D eigenvalue weighted by atomic mass is 9.96. The average Bonchev–Trinajstić information content (AvgIpc) is 2.35. The van der Waals surface area contributed by atoms with Crippen molar-refractivity contribution in [2.24, 2.45) is 4.99 Å². The molecule has 0 saturated carbocycles. The number of hydrogen-bond acceptors (Lipinski definition) is 2. The van der Waals surface area contributed by atoms with Gasteiger partial charge in [-0.15, -0.1) is 0 Å². The topological polar surface area (TPSA) is 25.2 Å². The highest BCUT2D eigenvalue weighted by Gasteiger charge is 2.15. The van der Waals surface area contributed by atoms with Crippen LogP contribution in [0.2, 0.25) is 0 Å². The highest BCUT2D eigenvalue weighted by atomic mass is 14.8. The van der Waals surface area contributed by atoms with E-state index in [2.05, 4.69) is 34.3 Å². The van der Waals surface area contributed by atoms with Gasteiger partial charge in [0.05, 0.1) is 11.4 Å². The Balaban J connectivity index is 2.53. The van der Waals surface area contributed by atoms with Gasteiger partial charge >= 0.3 is 0 Å². The number of allylic oxidation sites excluding steroid dienone is 5. The van der Waals surface area contributed by atoms with E-state index in [0.717, 1.165) is 22.5 Å². The smallest absolute Gasteiger partial charge is 0.0959 e. The maximum atomic E-state index is 4.38. The molecular weight excluding hydrogens is 196 g/mol. The van der Waals surface area contributed by atoms with Crippen LogP contribution >= 0.6 is 0 Å². The second-order valence-electron chi connectivity index (χ2n) is 3.49. The largest absolute Gasteiger partial charge is 0.286 e. The van der Waals surface area contributed by atoms with Crippen molar-refractivity contribution in [3.63, 3.8) is 0 Å². The molecule has 0 saturated heterocycles. The van der Waals surface area contributed by atoms with Crippen molar-refractivity contribution in [1.29, 1.82) is 0 Å². The molecule has 0 amide bonds. The molecule has 0 N–H and O–H groups in total. The zero-order chi connectivity index (χ0) is 11.4. The maximum Gasteiger partial charge on any atom is 0.0959 e. The molecule has 0 unspecified atom stereocenters. The van der Waals surface area contributed by atoms with E-state index in [1.807, 2.05) is 25.1 Å². The first-order valence-electron chi connectivity index (χ1n) is 5.30. The van der Waals surface area contributed by atoms with E-state index in [4.69, 9.17) is 0 Å². The first kappa shape index (κ1) is 10.6. The predicted molar refractivity (Wildman–Crippen MR) is 68.6 cm³/mol. The van der Waals surface area contributed by atoms with Crippen molar-refractivity contribution in [3.05, 3.63) is 59.5 Å². The normalized spacial score (nSPS) is 19.6. The van der Waals surface area contributed by atoms with Gasteiger partial charge in [-0.2, -0.15) is 0 Å². The molecular formula is C14H14N2. The van der Waals surface area contributed by atoms with Crippen molar-refractivity contribution in [1.82, 2.24) is 4.98 Å². The summed E-state index contributed by atoms with van der Waals surface area (Å²) in [7, 11) is 1.80. The zero-order valence-electron chi connectivity index (χ0n) is 9.51. The fourth-order valence-corrected chi connectivity index (χ4v) is 1.71. The van der Waals surface area contributed by atoms with Gasteiger partial charge in [0.1, 0.15) is 0 Å². The number of pyridine rings is 1. The van der Waals surface area contributed by atoms with Gasteiger partial charge in [0.2, 0.25) is 0 Å². The lowest BCUT2D eigenvalue weighted by Crippen LogP contribution is -2.11. The average molecular weight is 210 g/mol. The van der Waals surface area contributed by atoms with Gasteiger partial charge in [-0.05, 0) is 13.0 Å². The monoisotopic (exact) mass is 210 g/mol. The third-order valence-electron chi connectivity index (χ3n) is 2.47. The van der Waals surface area contributed by atoms with Crippen LogP contribution in [0.4, 0.5) is 0 Å². The van der Waals surface area contributed by atoms with Gasteiger partial charge in [0.25, 0.3) is 0 Å². The van der Waals surface area contributed by atoms with Gasteiger partial charge in [0, 0.05) is 24.4 Å². The quantitative estimate of drug-likeness (QED) is 0.699. The molecule has 1 heterocycles. The Morgan fingerprint density at radius 2 is 2.19 bits per heavy atom. The Hall–Kier alpha value is -1.96. The van der Waals surface area contributed by atoms with E-state index < -0.39 is 0 Å². The minimum atomic E-state index is 0.955. The minimum Gasteiger partial charge on any atom is -0.286 e. The van der Waals surface area contributed by atoms with E-state index >= 15 is 0 Å². The number of aromatic nitrogens is 1. The predicted octanol–water partition coefficient (Wildman–Crippen LogP) is 3.03. The molecule has 0 radical (unpaired) electrons. The van der Waals surface area contributed by atoms with Crippen molar-refractivity contribution in [2.45, 2.75) is 6.92 Å². The van der Waals surface area contributed by atoms with Crippen LogP contribution in [0, 0.1) is 0 Å². The lowest BCUT2D eigenvalue weighted by Gasteiger charge is -2.13. The fraction of sp³-hybridized carbons (Fsp3) is 0.143. The van der Waals surface area contributed by atoms with Crippen molar-refractivity contribution in [3.8, 4) is 0 Å². The number of fused-ring (bicyclic) bond motifs is 1. The molecule has 0 atom stereocenters. The van der Waals surface area contributed by atoms with Gasteiger partial charge in [-0.1, -0.05) is 36.4 Å². The Kier molecular flexibility index (Phi) is 3.10. The van der Waals surface area contributed by atoms with Crippen molar-refractivity contribution < 1.29 is 0 Å². The molecule has 1 aliphatic carbocycles. The first-order valence-corrected chi connectivity index (χ1v) is 5.30. The third kappa shape index (κ3) is 1.87. The second kappa shape index (κ2) is 4.71. The summed E-state index contributed by atoms with van der Waals surface area (Å²) in [4.78, 5) is 8.71. The van der Waals surface area contributed by atoms with Crippen LogP contribution < -0.4 is 0 Å². The van der Waals surface area contributed by atoms with Gasteiger partial charge < -0.3 is 0 Å². The molecule has 0 aliphatic heterocycles. The molecule has 1 aliphatic rings. The van der Waals surface area contributed by atoms with E-state index in [-0.39, 0.29) is 0 Å². The molecule has 1 aromatic heterocycles. The molecule has 16 heavy (non-hydrogen) atoms. The molecule has 2 nitrogen and oxygen atoms in total. The molecule has 0 bridgehead atoms. The lowest BCUT2D eigenvalue weighted by molar-refractivity contribution is 1.25. The van der Waals surface area contributed by atoms with Crippen LogP contribution in [-0.2, 0) is 0 Å². The first-order chi connectivity index (χ1) is 7.86. The maximum absolute atomic E-state index is 4.38. The summed E-state index contributed by atoms with van der Waals surface area (Å²) in [6.45, 7) is 2.00. The Labute approximate surface area is 95.8 Å². The number of aliphatic imine (C=N–C) groups is 1. The summed E-state index contributed by atoms with van der Waals surface area (Å²) in [6, 6.07) is 3.99. The highest BCUT2D eigenvalue weighted by molar-refractivity contribution is 6.17. The Bertz CT molecular complexity index is 505. The zero-order valence-corrected chi connectivity index (χ0v) is 9.51. The molecule has 2 rings (SSSR count). The van der Waals surface area contributed by atoms with Crippen molar-refractivity contribution in [2.75, 3.05) is 7.05 Å². The van der Waals surface area contributed by atoms with Crippen LogP contribution in [0.15, 0.2) is 53.2 Å². The minimum absolute atomic E-state index is 0.955. The molecule has 0 fully saturated rings. The fourth-order valence-electron chi connectivity index (χ4n) is 1.71. The van der Waals surface area contributed by atoms with E-state index in [0.29, 0.717) is 0 Å². The summed E-state index contributed by atoms with van der Waals surface area (Å²) in [5.41, 5.74) is 4.15. The van der Waals surface area contributed by atoms with Gasteiger partial charge in [-0.3, -0.25) is 9.98 Å². The Morgan fingerprint density at radius 1 is 1.31 bits per heavy atom. The number of rotatable bonds is 1. The van der Waals surface area contributed by atoms with Crippen LogP contribution in [0.3, 0.4) is 0 Å². The van der Waals surface area contributed by atoms with E-state index in [1.165, 1.54) is 0 Å². The third-order valence-corrected chi connectivity index (χ3v) is 2.47. The SMILES string of the molecule is C/C=C\C=C1\C=Cc2cccnc2C1=NC. The van der Waals surface area contributed by atoms with Crippen LogP contribution in [0.5, 0.6) is 0 Å². The number of hydrogen-bond donors (Lipinski definition) is 0. The standard InChI is InChI=1S/C14H14N2/c1-3-4-6-11-8-9-12-7-5-10-16-14(12)13(11)15-2/h3-10H,1-2H3/b4-3-,11-6-,15-13?. The summed E-state index contributed by atoms with van der Waals surface area (Å²) < 4.78 is 0. The number of nitrogens with zero attached hydrogens (tertiary/aromatic N) is 2.